The van der Waals surface area contributed by atoms with Gasteiger partial charge in [0.25, 0.3) is 5.91 Å². The molecular formula is C14H9B2ClN2O4. The summed E-state index contributed by atoms with van der Waals surface area (Å²) in [5, 5.41) is 21.1. The van der Waals surface area contributed by atoms with Crippen molar-refractivity contribution in [2.24, 2.45) is 0 Å². The zero-order valence-corrected chi connectivity index (χ0v) is 12.5. The third-order valence-corrected chi connectivity index (χ3v) is 3.20. The van der Waals surface area contributed by atoms with Gasteiger partial charge in [0.05, 0.1) is 0 Å². The second-order valence-electron chi connectivity index (χ2n) is 4.57. The Morgan fingerprint density at radius 2 is 2.00 bits per heavy atom. The summed E-state index contributed by atoms with van der Waals surface area (Å²) in [6.07, 6.45) is 0. The van der Waals surface area contributed by atoms with E-state index in [1.54, 1.807) is 24.3 Å². The van der Waals surface area contributed by atoms with Gasteiger partial charge >= 0.3 is 5.97 Å². The van der Waals surface area contributed by atoms with Crippen LogP contribution in [0.1, 0.15) is 10.5 Å². The smallest absolute Gasteiger partial charge is 0.322 e. The second kappa shape index (κ2) is 6.75. The minimum absolute atomic E-state index is 0.0944. The zero-order valence-electron chi connectivity index (χ0n) is 11.7. The van der Waals surface area contributed by atoms with E-state index in [-0.39, 0.29) is 16.6 Å². The van der Waals surface area contributed by atoms with Gasteiger partial charge in [0.2, 0.25) is 0 Å². The molecule has 0 aliphatic carbocycles. The average molecular weight is 326 g/mol. The molecule has 0 unspecified atom stereocenters. The number of hydrogen-bond donors (Lipinski definition) is 3. The summed E-state index contributed by atoms with van der Waals surface area (Å²) in [4.78, 5) is 26.1. The highest BCUT2D eigenvalue weighted by Gasteiger charge is 2.20. The molecule has 0 saturated heterocycles. The second-order valence-corrected chi connectivity index (χ2v) is 5.01. The van der Waals surface area contributed by atoms with Crippen LogP contribution in [0.3, 0.4) is 0 Å². The number of carboxylic acids is 1. The van der Waals surface area contributed by atoms with Gasteiger partial charge in [-0.15, -0.1) is 0 Å². The fourth-order valence-electron chi connectivity index (χ4n) is 1.96. The topological polar surface area (TPSA) is 99.5 Å². The van der Waals surface area contributed by atoms with Crippen LogP contribution >= 0.6 is 11.6 Å². The standard InChI is InChI=1S/C14H9B2ClN2O4/c15-10-9(6-2-1-3-7(17)4-6)13(16)19-11(12(10)22)14(23)18-5-8(20)21/h1-4,22H,5H2,(H,18,23)(H,20,21). The number of halogens is 1. The van der Waals surface area contributed by atoms with Crippen LogP contribution in [0.15, 0.2) is 24.3 Å². The molecule has 112 valence electrons. The first kappa shape index (κ1) is 16.9. The molecule has 0 saturated carbocycles. The molecule has 1 aromatic carbocycles. The summed E-state index contributed by atoms with van der Waals surface area (Å²) >= 11 is 5.91. The van der Waals surface area contributed by atoms with E-state index in [9.17, 15) is 14.7 Å². The average Bonchev–Trinajstić information content (AvgIpc) is 2.48. The first-order valence-electron chi connectivity index (χ1n) is 6.35. The normalized spacial score (nSPS) is 10.3. The Labute approximate surface area is 139 Å². The Morgan fingerprint density at radius 3 is 2.61 bits per heavy atom. The van der Waals surface area contributed by atoms with Crippen molar-refractivity contribution in [3.05, 3.63) is 35.0 Å². The van der Waals surface area contributed by atoms with E-state index in [2.05, 4.69) is 10.3 Å². The first-order chi connectivity index (χ1) is 10.8. The Kier molecular flexibility index (Phi) is 4.95. The molecule has 0 spiro atoms. The number of carboxylic acid groups (broad SMARTS) is 1. The van der Waals surface area contributed by atoms with Crippen molar-refractivity contribution in [1.29, 1.82) is 0 Å². The summed E-state index contributed by atoms with van der Waals surface area (Å²) in [6.45, 7) is -0.629. The van der Waals surface area contributed by atoms with E-state index in [0.717, 1.165) is 0 Å². The van der Waals surface area contributed by atoms with Gasteiger partial charge in [-0.1, -0.05) is 23.7 Å². The number of hydrogen-bond acceptors (Lipinski definition) is 4. The van der Waals surface area contributed by atoms with E-state index < -0.39 is 29.9 Å². The van der Waals surface area contributed by atoms with E-state index in [1.165, 1.54) is 0 Å². The molecule has 23 heavy (non-hydrogen) atoms. The molecule has 1 amide bonds. The Hall–Kier alpha value is -2.47. The van der Waals surface area contributed by atoms with E-state index >= 15 is 0 Å². The lowest BCUT2D eigenvalue weighted by molar-refractivity contribution is -0.135. The maximum Gasteiger partial charge on any atom is 0.322 e. The van der Waals surface area contributed by atoms with Gasteiger partial charge in [-0.05, 0) is 34.3 Å². The fourth-order valence-corrected chi connectivity index (χ4v) is 2.15. The molecule has 0 bridgehead atoms. The Morgan fingerprint density at radius 1 is 1.30 bits per heavy atom. The number of pyridine rings is 1. The molecule has 2 rings (SSSR count). The molecule has 1 aromatic heterocycles. The molecule has 0 aliphatic heterocycles. The molecule has 4 radical (unpaired) electrons. The maximum absolute atomic E-state index is 11.8. The predicted molar refractivity (Wildman–Crippen MR) is 87.1 cm³/mol. The maximum atomic E-state index is 11.8. The van der Waals surface area contributed by atoms with Crippen molar-refractivity contribution in [1.82, 2.24) is 10.3 Å². The molecule has 6 nitrogen and oxygen atoms in total. The molecule has 3 N–H and O–H groups in total. The quantitative estimate of drug-likeness (QED) is 0.659. The molecular weight excluding hydrogens is 317 g/mol. The highest BCUT2D eigenvalue weighted by Crippen LogP contribution is 2.22. The van der Waals surface area contributed by atoms with E-state index in [0.29, 0.717) is 10.6 Å². The minimum atomic E-state index is -1.24. The highest BCUT2D eigenvalue weighted by molar-refractivity contribution is 6.45. The lowest BCUT2D eigenvalue weighted by Gasteiger charge is -2.15. The summed E-state index contributed by atoms with van der Waals surface area (Å²) in [5.74, 6) is -2.73. The number of benzene rings is 1. The molecule has 0 fully saturated rings. The van der Waals surface area contributed by atoms with Crippen LogP contribution in [0.4, 0.5) is 0 Å². The Bertz CT molecular complexity index is 799. The lowest BCUT2D eigenvalue weighted by Crippen LogP contribution is -2.34. The van der Waals surface area contributed by atoms with Crippen LogP contribution < -0.4 is 16.4 Å². The Balaban J connectivity index is 2.48. The van der Waals surface area contributed by atoms with Gasteiger partial charge in [0.1, 0.15) is 28.0 Å². The number of aliphatic carboxylic acids is 1. The summed E-state index contributed by atoms with van der Waals surface area (Å²) in [7, 11) is 11.7. The number of amides is 1. The number of nitrogens with one attached hydrogen (secondary N) is 1. The fraction of sp³-hybridized carbons (Fsp3) is 0.0714. The number of carbonyl (C=O) groups is 2. The van der Waals surface area contributed by atoms with Crippen molar-refractivity contribution in [3.8, 4) is 16.9 Å². The summed E-state index contributed by atoms with van der Waals surface area (Å²) < 4.78 is 0. The minimum Gasteiger partial charge on any atom is -0.506 e. The van der Waals surface area contributed by atoms with Crippen molar-refractivity contribution in [3.63, 3.8) is 0 Å². The molecule has 2 aromatic rings. The van der Waals surface area contributed by atoms with Crippen molar-refractivity contribution < 1.29 is 19.8 Å². The summed E-state index contributed by atoms with van der Waals surface area (Å²) in [5.41, 5.74) is 0.0582. The molecule has 0 atom stereocenters. The van der Waals surface area contributed by atoms with Gasteiger partial charge in [-0.3, -0.25) is 14.6 Å². The number of rotatable bonds is 4. The zero-order chi connectivity index (χ0) is 17.1. The van der Waals surface area contributed by atoms with Gasteiger partial charge in [0, 0.05) is 5.02 Å². The van der Waals surface area contributed by atoms with Gasteiger partial charge in [0.15, 0.2) is 5.69 Å². The number of aromatic hydroxyl groups is 1. The van der Waals surface area contributed by atoms with Gasteiger partial charge < -0.3 is 15.5 Å². The lowest BCUT2D eigenvalue weighted by atomic mass is 9.80. The van der Waals surface area contributed by atoms with Crippen LogP contribution in [-0.2, 0) is 4.79 Å². The molecule has 9 heteroatoms. The van der Waals surface area contributed by atoms with Gasteiger partial charge in [-0.2, -0.15) is 0 Å². The van der Waals surface area contributed by atoms with Crippen molar-refractivity contribution in [2.75, 3.05) is 6.54 Å². The number of nitrogens with zero attached hydrogens (tertiary/aromatic N) is 1. The number of carbonyl (C=O) groups excluding carboxylic acids is 1. The van der Waals surface area contributed by atoms with Crippen LogP contribution in [-0.4, -0.2) is 49.3 Å². The molecule has 1 heterocycles. The highest BCUT2D eigenvalue weighted by atomic mass is 35.5. The SMILES string of the molecule is [B]c1nc(C(=O)NCC(=O)O)c(O)c([B])c1-c1cccc(Cl)c1. The largest absolute Gasteiger partial charge is 0.506 e. The number of aromatic nitrogens is 1. The van der Waals surface area contributed by atoms with Gasteiger partial charge in [-0.25, -0.2) is 0 Å². The molecule has 0 aliphatic rings. The van der Waals surface area contributed by atoms with E-state index in [4.69, 9.17) is 32.4 Å². The predicted octanol–water partition coefficient (Wildman–Crippen LogP) is -0.490. The monoisotopic (exact) mass is 326 g/mol. The first-order valence-corrected chi connectivity index (χ1v) is 6.73. The van der Waals surface area contributed by atoms with Crippen molar-refractivity contribution >= 4 is 50.2 Å². The van der Waals surface area contributed by atoms with Crippen LogP contribution in [0.5, 0.6) is 5.75 Å². The third-order valence-electron chi connectivity index (χ3n) is 2.97. The van der Waals surface area contributed by atoms with Crippen LogP contribution in [0, 0.1) is 0 Å². The van der Waals surface area contributed by atoms with Crippen LogP contribution in [0.2, 0.25) is 5.02 Å². The van der Waals surface area contributed by atoms with E-state index in [1.807, 2.05) is 0 Å². The van der Waals surface area contributed by atoms with Crippen LogP contribution in [0.25, 0.3) is 11.1 Å². The summed E-state index contributed by atoms with van der Waals surface area (Å²) in [6, 6.07) is 6.56. The third kappa shape index (κ3) is 3.65. The van der Waals surface area contributed by atoms with Crippen molar-refractivity contribution in [2.45, 2.75) is 0 Å².